The minimum absolute atomic E-state index is 0. The Hall–Kier alpha value is -1.92. The molecule has 1 saturated heterocycles. The van der Waals surface area contributed by atoms with Crippen LogP contribution in [0.5, 0.6) is 0 Å². The first-order valence-electron chi connectivity index (χ1n) is 9.89. The number of nitrogens with zero attached hydrogens (tertiary/aromatic N) is 1. The molecule has 28 heavy (non-hydrogen) atoms. The van der Waals surface area contributed by atoms with E-state index in [0.717, 1.165) is 18.5 Å². The second-order valence-corrected chi connectivity index (χ2v) is 7.74. The Bertz CT molecular complexity index is 844. The van der Waals surface area contributed by atoms with Crippen molar-refractivity contribution in [3.05, 3.63) is 29.7 Å². The first-order chi connectivity index (χ1) is 13.2. The number of aromatic nitrogens is 1. The molecule has 1 aliphatic heterocycles. The van der Waals surface area contributed by atoms with Crippen molar-refractivity contribution in [2.75, 3.05) is 13.7 Å². The predicted octanol–water partition coefficient (Wildman–Crippen LogP) is 3.71. The molecule has 1 saturated carbocycles. The summed E-state index contributed by atoms with van der Waals surface area (Å²) in [5, 5.41) is 3.44. The lowest BCUT2D eigenvalue weighted by atomic mass is 9.75. The van der Waals surface area contributed by atoms with E-state index in [-0.39, 0.29) is 30.1 Å². The highest BCUT2D eigenvalue weighted by atomic mass is 35.5. The maximum atomic E-state index is 13.0. The highest BCUT2D eigenvalue weighted by molar-refractivity contribution is 5.90. The van der Waals surface area contributed by atoms with Crippen molar-refractivity contribution in [1.82, 2.24) is 10.3 Å². The zero-order chi connectivity index (χ0) is 18.8. The Balaban J connectivity index is 0.00000225. The maximum Gasteiger partial charge on any atom is 0.394 e. The number of carbonyl (C=O) groups excluding carboxylic acids is 2. The zero-order valence-corrected chi connectivity index (χ0v) is 16.9. The van der Waals surface area contributed by atoms with Crippen molar-refractivity contribution < 1.29 is 18.7 Å². The largest absolute Gasteiger partial charge is 0.462 e. The number of esters is 1. The summed E-state index contributed by atoms with van der Waals surface area (Å²) in [5.41, 5.74) is 1.99. The van der Waals surface area contributed by atoms with Gasteiger partial charge in [-0.1, -0.05) is 38.2 Å². The molecule has 1 aromatic carbocycles. The predicted molar refractivity (Wildman–Crippen MR) is 108 cm³/mol. The van der Waals surface area contributed by atoms with Crippen LogP contribution >= 0.6 is 12.4 Å². The van der Waals surface area contributed by atoms with Crippen LogP contribution in [0.25, 0.3) is 11.1 Å². The lowest BCUT2D eigenvalue weighted by molar-refractivity contribution is -0.121. The van der Waals surface area contributed by atoms with Crippen molar-refractivity contribution in [3.8, 4) is 0 Å². The van der Waals surface area contributed by atoms with Gasteiger partial charge in [-0.05, 0) is 42.5 Å². The smallest absolute Gasteiger partial charge is 0.394 e. The van der Waals surface area contributed by atoms with Crippen LogP contribution in [0.15, 0.2) is 22.6 Å². The average Bonchev–Trinajstić information content (AvgIpc) is 3.34. The molecule has 2 fully saturated rings. The summed E-state index contributed by atoms with van der Waals surface area (Å²) < 4.78 is 10.0. The molecule has 1 N–H and O–H groups in total. The minimum atomic E-state index is -0.602. The molecular formula is C21H27ClN2O4. The average molecular weight is 407 g/mol. The van der Waals surface area contributed by atoms with Crippen LogP contribution in [0, 0.1) is 11.8 Å². The number of ketones is 1. The molecular weight excluding hydrogens is 380 g/mol. The summed E-state index contributed by atoms with van der Waals surface area (Å²) in [5.74, 6) is 0.738. The SMILES string of the molecule is COC(=O)c1nc2cc(CC(=O)[C@H]3NCC[C@H]3C3CCCCC3)ccc2o1.Cl. The molecule has 2 atom stereocenters. The van der Waals surface area contributed by atoms with Gasteiger partial charge in [-0.3, -0.25) is 4.79 Å². The molecule has 152 valence electrons. The van der Waals surface area contributed by atoms with Gasteiger partial charge in [0.15, 0.2) is 11.4 Å². The van der Waals surface area contributed by atoms with Crippen molar-refractivity contribution in [2.24, 2.45) is 11.8 Å². The molecule has 1 aromatic heterocycles. The van der Waals surface area contributed by atoms with Crippen LogP contribution in [0.2, 0.25) is 0 Å². The van der Waals surface area contributed by atoms with Crippen LogP contribution in [-0.4, -0.2) is 36.4 Å². The van der Waals surface area contributed by atoms with E-state index in [0.29, 0.717) is 29.4 Å². The molecule has 2 aliphatic rings. The number of fused-ring (bicyclic) bond motifs is 1. The Morgan fingerprint density at radius 1 is 1.21 bits per heavy atom. The molecule has 1 aliphatic carbocycles. The fourth-order valence-corrected chi connectivity index (χ4v) is 4.72. The topological polar surface area (TPSA) is 81.4 Å². The molecule has 7 heteroatoms. The number of methoxy groups -OCH3 is 1. The molecule has 0 bridgehead atoms. The van der Waals surface area contributed by atoms with Crippen LogP contribution in [0.1, 0.15) is 54.8 Å². The highest BCUT2D eigenvalue weighted by Crippen LogP contribution is 2.36. The molecule has 0 amide bonds. The second kappa shape index (κ2) is 9.05. The van der Waals surface area contributed by atoms with Crippen molar-refractivity contribution in [1.29, 1.82) is 0 Å². The Labute approximate surface area is 170 Å². The Morgan fingerprint density at radius 3 is 2.75 bits per heavy atom. The summed E-state index contributed by atoms with van der Waals surface area (Å²) in [7, 11) is 1.29. The summed E-state index contributed by atoms with van der Waals surface area (Å²) in [6.07, 6.45) is 7.93. The van der Waals surface area contributed by atoms with E-state index in [1.807, 2.05) is 12.1 Å². The third-order valence-electron chi connectivity index (χ3n) is 6.06. The number of hydrogen-bond donors (Lipinski definition) is 1. The highest BCUT2D eigenvalue weighted by Gasteiger charge is 2.37. The van der Waals surface area contributed by atoms with Crippen molar-refractivity contribution in [2.45, 2.75) is 51.0 Å². The van der Waals surface area contributed by atoms with Crippen molar-refractivity contribution in [3.63, 3.8) is 0 Å². The van der Waals surface area contributed by atoms with E-state index < -0.39 is 5.97 Å². The first kappa shape index (κ1) is 20.8. The third kappa shape index (κ3) is 4.23. The number of carbonyl (C=O) groups is 2. The van der Waals surface area contributed by atoms with Gasteiger partial charge in [-0.25, -0.2) is 9.78 Å². The third-order valence-corrected chi connectivity index (χ3v) is 6.06. The van der Waals surface area contributed by atoms with Gasteiger partial charge in [-0.15, -0.1) is 12.4 Å². The standard InChI is InChI=1S/C21H26N2O4.ClH/c1-26-21(25)20-23-16-11-13(7-8-18(16)27-20)12-17(24)19-15(9-10-22-19)14-5-3-2-4-6-14;/h7-8,11,14-15,19,22H,2-6,9-10,12H2,1H3;1H/t15-,19-;/m0./s1. The Kier molecular flexibility index (Phi) is 6.73. The number of rotatable bonds is 5. The number of oxazole rings is 1. The van der Waals surface area contributed by atoms with E-state index in [1.165, 1.54) is 39.2 Å². The normalized spacial score (nSPS) is 22.8. The number of Topliss-reactive ketones (excluding diaryl/α,β-unsaturated/α-hetero) is 1. The summed E-state index contributed by atoms with van der Waals surface area (Å²) in [4.78, 5) is 28.7. The molecule has 6 nitrogen and oxygen atoms in total. The molecule has 2 heterocycles. The van der Waals surface area contributed by atoms with Crippen LogP contribution < -0.4 is 5.32 Å². The van der Waals surface area contributed by atoms with E-state index in [1.54, 1.807) is 6.07 Å². The van der Waals surface area contributed by atoms with Gasteiger partial charge in [0.05, 0.1) is 13.2 Å². The number of ether oxygens (including phenoxy) is 1. The molecule has 4 rings (SSSR count). The quantitative estimate of drug-likeness (QED) is 0.762. The van der Waals surface area contributed by atoms with Gasteiger partial charge < -0.3 is 14.5 Å². The summed E-state index contributed by atoms with van der Waals surface area (Å²) in [6.45, 7) is 0.933. The van der Waals surface area contributed by atoms with E-state index >= 15 is 0 Å². The second-order valence-electron chi connectivity index (χ2n) is 7.74. The van der Waals surface area contributed by atoms with Gasteiger partial charge in [0.25, 0.3) is 0 Å². The zero-order valence-electron chi connectivity index (χ0n) is 16.1. The fraction of sp³-hybridized carbons (Fsp3) is 0.571. The minimum Gasteiger partial charge on any atom is -0.462 e. The van der Waals surface area contributed by atoms with Crippen LogP contribution in [0.4, 0.5) is 0 Å². The number of hydrogen-bond acceptors (Lipinski definition) is 6. The monoisotopic (exact) mass is 406 g/mol. The van der Waals surface area contributed by atoms with Gasteiger partial charge >= 0.3 is 11.9 Å². The Morgan fingerprint density at radius 2 is 2.00 bits per heavy atom. The van der Waals surface area contributed by atoms with Gasteiger partial charge in [-0.2, -0.15) is 0 Å². The molecule has 0 radical (unpaired) electrons. The van der Waals surface area contributed by atoms with E-state index in [9.17, 15) is 9.59 Å². The van der Waals surface area contributed by atoms with Gasteiger partial charge in [0.2, 0.25) is 0 Å². The summed E-state index contributed by atoms with van der Waals surface area (Å²) >= 11 is 0. The lowest BCUT2D eigenvalue weighted by Gasteiger charge is -2.30. The lowest BCUT2D eigenvalue weighted by Crippen LogP contribution is -2.40. The molecule has 0 unspecified atom stereocenters. The summed E-state index contributed by atoms with van der Waals surface area (Å²) in [6, 6.07) is 5.43. The van der Waals surface area contributed by atoms with Crippen molar-refractivity contribution >= 4 is 35.3 Å². The number of benzene rings is 1. The fourth-order valence-electron chi connectivity index (χ4n) is 4.72. The van der Waals surface area contributed by atoms with E-state index in [4.69, 9.17) is 4.42 Å². The van der Waals surface area contributed by atoms with Gasteiger partial charge in [0, 0.05) is 6.42 Å². The number of nitrogens with one attached hydrogen (secondary N) is 1. The van der Waals surface area contributed by atoms with E-state index in [2.05, 4.69) is 15.0 Å². The molecule has 0 spiro atoms. The van der Waals surface area contributed by atoms with Crippen LogP contribution in [0.3, 0.4) is 0 Å². The first-order valence-corrected chi connectivity index (χ1v) is 9.89. The molecule has 2 aromatic rings. The number of halogens is 1. The van der Waals surface area contributed by atoms with Crippen LogP contribution in [-0.2, 0) is 16.0 Å². The maximum absolute atomic E-state index is 13.0. The van der Waals surface area contributed by atoms with Gasteiger partial charge in [0.1, 0.15) is 5.52 Å².